The molecule has 0 unspecified atom stereocenters. The zero-order valence-electron chi connectivity index (χ0n) is 10.3. The third-order valence-electron chi connectivity index (χ3n) is 1.01. The van der Waals surface area contributed by atoms with E-state index >= 15 is 0 Å². The third-order valence-corrected chi connectivity index (χ3v) is 1.01. The fourth-order valence-electron chi connectivity index (χ4n) is 0.231. The largest absolute Gasteiger partial charge is 0.478 e. The molecule has 0 radical (unpaired) electrons. The molecule has 7 nitrogen and oxygen atoms in total. The van der Waals surface area contributed by atoms with E-state index < -0.39 is 11.9 Å². The zero-order chi connectivity index (χ0) is 15.0. The van der Waals surface area contributed by atoms with Crippen molar-refractivity contribution in [2.75, 3.05) is 26.4 Å². The molecular formula is C11H20O7. The van der Waals surface area contributed by atoms with Gasteiger partial charge in [0.2, 0.25) is 0 Å². The minimum atomic E-state index is -0.981. The van der Waals surface area contributed by atoms with Gasteiger partial charge in [0.25, 0.3) is 0 Å². The summed E-state index contributed by atoms with van der Waals surface area (Å²) in [6.45, 7) is 8.26. The van der Waals surface area contributed by atoms with E-state index in [1.807, 2.05) is 0 Å². The second-order valence-corrected chi connectivity index (χ2v) is 2.69. The maximum atomic E-state index is 9.60. The summed E-state index contributed by atoms with van der Waals surface area (Å²) < 4.78 is 4.63. The first kappa shape index (κ1) is 21.6. The van der Waals surface area contributed by atoms with Gasteiger partial charge >= 0.3 is 11.9 Å². The van der Waals surface area contributed by atoms with Gasteiger partial charge in [-0.2, -0.15) is 0 Å². The molecular weight excluding hydrogens is 244 g/mol. The first-order valence-electron chi connectivity index (χ1n) is 4.87. The minimum absolute atomic E-state index is 0.0278. The fraction of sp³-hybridized carbons (Fsp3) is 0.455. The Kier molecular flexibility index (Phi) is 21.2. The number of aliphatic hydroxyl groups excluding tert-OH is 2. The molecule has 0 aliphatic carbocycles. The van der Waals surface area contributed by atoms with E-state index in [1.165, 1.54) is 6.92 Å². The average Bonchev–Trinajstić information content (AvgIpc) is 2.31. The molecule has 0 atom stereocenters. The molecule has 0 fully saturated rings. The van der Waals surface area contributed by atoms with Crippen molar-refractivity contribution in [1.29, 1.82) is 0 Å². The number of carboxylic acids is 2. The molecule has 0 bridgehead atoms. The van der Waals surface area contributed by atoms with Crippen LogP contribution in [-0.2, 0) is 14.3 Å². The van der Waals surface area contributed by atoms with Gasteiger partial charge in [-0.05, 0) is 6.92 Å². The van der Waals surface area contributed by atoms with Crippen LogP contribution < -0.4 is 0 Å². The first-order valence-corrected chi connectivity index (χ1v) is 4.87. The first-order chi connectivity index (χ1) is 8.33. The fourth-order valence-corrected chi connectivity index (χ4v) is 0.231. The van der Waals surface area contributed by atoms with Gasteiger partial charge in [-0.3, -0.25) is 0 Å². The van der Waals surface area contributed by atoms with Crippen LogP contribution in [0.4, 0.5) is 0 Å². The van der Waals surface area contributed by atoms with Crippen molar-refractivity contribution in [2.45, 2.75) is 6.92 Å². The van der Waals surface area contributed by atoms with Crippen LogP contribution in [0.5, 0.6) is 0 Å². The lowest BCUT2D eigenvalue weighted by atomic mass is 10.4. The van der Waals surface area contributed by atoms with Crippen LogP contribution >= 0.6 is 0 Å². The summed E-state index contributed by atoms with van der Waals surface area (Å²) >= 11 is 0. The summed E-state index contributed by atoms with van der Waals surface area (Å²) in [5, 5.41) is 31.7. The molecule has 7 heteroatoms. The number of aliphatic carboxylic acids is 2. The quantitative estimate of drug-likeness (QED) is 0.389. The van der Waals surface area contributed by atoms with E-state index in [4.69, 9.17) is 20.4 Å². The summed E-state index contributed by atoms with van der Waals surface area (Å²) in [6.07, 6.45) is 0.833. The van der Waals surface area contributed by atoms with Gasteiger partial charge in [-0.1, -0.05) is 13.2 Å². The summed E-state index contributed by atoms with van der Waals surface area (Å²) in [5.41, 5.74) is 0.176. The van der Waals surface area contributed by atoms with Gasteiger partial charge in [0.15, 0.2) is 0 Å². The summed E-state index contributed by atoms with van der Waals surface area (Å²) in [5.74, 6) is -1.92. The SMILES string of the molecule is C=C(C)C(=O)O.C=CC(=O)O.OCCOCCO. The predicted molar refractivity (Wildman–Crippen MR) is 65.3 cm³/mol. The van der Waals surface area contributed by atoms with Gasteiger partial charge in [0, 0.05) is 11.6 Å². The maximum absolute atomic E-state index is 9.60. The summed E-state index contributed by atoms with van der Waals surface area (Å²) in [4.78, 5) is 18.8. The Balaban J connectivity index is -0.000000190. The van der Waals surface area contributed by atoms with Gasteiger partial charge < -0.3 is 25.2 Å². The molecule has 0 aromatic carbocycles. The van der Waals surface area contributed by atoms with Gasteiger partial charge in [-0.15, -0.1) is 0 Å². The normalized spacial score (nSPS) is 7.94. The molecule has 0 aliphatic heterocycles. The van der Waals surface area contributed by atoms with Gasteiger partial charge in [0.05, 0.1) is 26.4 Å². The van der Waals surface area contributed by atoms with E-state index in [0.29, 0.717) is 13.2 Å². The number of rotatable bonds is 6. The molecule has 0 saturated heterocycles. The van der Waals surface area contributed by atoms with E-state index in [9.17, 15) is 9.59 Å². The topological polar surface area (TPSA) is 124 Å². The van der Waals surface area contributed by atoms with E-state index in [1.54, 1.807) is 0 Å². The Labute approximate surface area is 106 Å². The molecule has 4 N–H and O–H groups in total. The van der Waals surface area contributed by atoms with Crippen LogP contribution in [0.2, 0.25) is 0 Å². The zero-order valence-corrected chi connectivity index (χ0v) is 10.3. The lowest BCUT2D eigenvalue weighted by Crippen LogP contribution is -2.03. The number of hydrogen-bond acceptors (Lipinski definition) is 5. The van der Waals surface area contributed by atoms with Crippen LogP contribution in [0, 0.1) is 0 Å². The molecule has 0 heterocycles. The number of ether oxygens (including phenoxy) is 1. The second kappa shape index (κ2) is 17.7. The van der Waals surface area contributed by atoms with E-state index in [-0.39, 0.29) is 18.8 Å². The molecule has 0 spiro atoms. The van der Waals surface area contributed by atoms with Crippen molar-refractivity contribution in [3.63, 3.8) is 0 Å². The van der Waals surface area contributed by atoms with Gasteiger partial charge in [0.1, 0.15) is 0 Å². The van der Waals surface area contributed by atoms with Crippen LogP contribution in [0.15, 0.2) is 24.8 Å². The Morgan fingerprint density at radius 2 is 1.44 bits per heavy atom. The van der Waals surface area contributed by atoms with Crippen LogP contribution in [0.25, 0.3) is 0 Å². The lowest BCUT2D eigenvalue weighted by molar-refractivity contribution is -0.133. The molecule has 0 amide bonds. The summed E-state index contributed by atoms with van der Waals surface area (Å²) in [6, 6.07) is 0. The highest BCUT2D eigenvalue weighted by atomic mass is 16.5. The van der Waals surface area contributed by atoms with Crippen molar-refractivity contribution < 1.29 is 34.8 Å². The van der Waals surface area contributed by atoms with Crippen LogP contribution in [0.1, 0.15) is 6.92 Å². The van der Waals surface area contributed by atoms with Crippen molar-refractivity contribution in [2.24, 2.45) is 0 Å². The molecule has 0 aromatic rings. The van der Waals surface area contributed by atoms with Crippen molar-refractivity contribution in [1.82, 2.24) is 0 Å². The van der Waals surface area contributed by atoms with Crippen molar-refractivity contribution >= 4 is 11.9 Å². The Morgan fingerprint density at radius 1 is 1.17 bits per heavy atom. The standard InChI is InChI=1S/C4H10O3.C4H6O2.C3H4O2/c5-1-3-7-4-2-6;1-3(2)4(5)6;1-2-3(4)5/h5-6H,1-4H2;1H2,2H3,(H,5,6);2H,1H2,(H,4,5). The molecule has 0 aromatic heterocycles. The third kappa shape index (κ3) is 36.7. The molecule has 18 heavy (non-hydrogen) atoms. The van der Waals surface area contributed by atoms with Crippen LogP contribution in [0.3, 0.4) is 0 Å². The van der Waals surface area contributed by atoms with Gasteiger partial charge in [-0.25, -0.2) is 9.59 Å². The molecule has 0 saturated carbocycles. The smallest absolute Gasteiger partial charge is 0.330 e. The minimum Gasteiger partial charge on any atom is -0.478 e. The van der Waals surface area contributed by atoms with E-state index in [0.717, 1.165) is 6.08 Å². The van der Waals surface area contributed by atoms with Crippen molar-refractivity contribution in [3.8, 4) is 0 Å². The number of aliphatic hydroxyl groups is 2. The molecule has 106 valence electrons. The Morgan fingerprint density at radius 3 is 1.56 bits per heavy atom. The number of hydrogen-bond donors (Lipinski definition) is 4. The van der Waals surface area contributed by atoms with Crippen LogP contribution in [-0.4, -0.2) is 58.8 Å². The Hall–Kier alpha value is -1.70. The highest BCUT2D eigenvalue weighted by molar-refractivity contribution is 5.84. The highest BCUT2D eigenvalue weighted by Crippen LogP contribution is 1.81. The Bertz CT molecular complexity index is 232. The molecule has 0 rings (SSSR count). The predicted octanol–water partition coefficient (Wildman–Crippen LogP) is -0.108. The highest BCUT2D eigenvalue weighted by Gasteiger charge is 1.90. The lowest BCUT2D eigenvalue weighted by Gasteiger charge is -1.94. The second-order valence-electron chi connectivity index (χ2n) is 2.69. The molecule has 0 aliphatic rings. The monoisotopic (exact) mass is 264 g/mol. The maximum Gasteiger partial charge on any atom is 0.330 e. The average molecular weight is 264 g/mol. The van der Waals surface area contributed by atoms with E-state index in [2.05, 4.69) is 17.9 Å². The number of carboxylic acid groups (broad SMARTS) is 2. The van der Waals surface area contributed by atoms with Crippen molar-refractivity contribution in [3.05, 3.63) is 24.8 Å². The number of carbonyl (C=O) groups is 2. The summed E-state index contributed by atoms with van der Waals surface area (Å²) in [7, 11) is 0.